The monoisotopic (exact) mass is 226 g/mol. The second kappa shape index (κ2) is 4.91. The number of ether oxygens (including phenoxy) is 2. The van der Waals surface area contributed by atoms with Gasteiger partial charge in [0.05, 0.1) is 6.10 Å². The van der Waals surface area contributed by atoms with E-state index in [0.29, 0.717) is 5.92 Å². The van der Waals surface area contributed by atoms with Crippen LogP contribution in [-0.4, -0.2) is 24.1 Å². The van der Waals surface area contributed by atoms with Gasteiger partial charge in [-0.25, -0.2) is 0 Å². The van der Waals surface area contributed by atoms with Gasteiger partial charge in [-0.3, -0.25) is 0 Å². The molecular formula is C12H18O4. The zero-order chi connectivity index (χ0) is 12.3. The van der Waals surface area contributed by atoms with Crippen LogP contribution in [0.2, 0.25) is 0 Å². The first-order valence-corrected chi connectivity index (χ1v) is 5.46. The first-order valence-electron chi connectivity index (χ1n) is 5.46. The minimum Gasteiger partial charge on any atom is -0.344 e. The molecule has 2 fully saturated rings. The molecule has 0 spiro atoms. The Kier molecular flexibility index (Phi) is 4.03. The summed E-state index contributed by atoms with van der Waals surface area (Å²) in [7, 11) is 0. The highest BCUT2D eigenvalue weighted by atomic mass is 16.8. The van der Waals surface area contributed by atoms with Crippen molar-refractivity contribution in [3.63, 3.8) is 0 Å². The van der Waals surface area contributed by atoms with Crippen LogP contribution in [-0.2, 0) is 19.1 Å². The second-order valence-corrected chi connectivity index (χ2v) is 4.60. The fourth-order valence-corrected chi connectivity index (χ4v) is 2.50. The molecule has 2 aliphatic rings. The number of hydrogen-bond acceptors (Lipinski definition) is 4. The summed E-state index contributed by atoms with van der Waals surface area (Å²) in [5.41, 5.74) is 1.41. The molecule has 0 aromatic carbocycles. The van der Waals surface area contributed by atoms with Gasteiger partial charge in [0, 0.05) is 0 Å². The topological polar surface area (TPSA) is 52.6 Å². The van der Waals surface area contributed by atoms with E-state index in [-0.39, 0.29) is 24.1 Å². The number of carbonyl (C=O) groups excluding carboxylic acids is 2. The molecule has 1 heterocycles. The molecule has 0 aromatic rings. The molecule has 0 N–H and O–H groups in total. The van der Waals surface area contributed by atoms with Gasteiger partial charge in [0.1, 0.15) is 6.10 Å². The molecule has 0 aromatic heterocycles. The molecule has 0 bridgehead atoms. The van der Waals surface area contributed by atoms with E-state index in [2.05, 4.69) is 19.9 Å². The average molecular weight is 226 g/mol. The standard InChI is InChI=1S/C11H18O2.CO2/c1-5-8-7(2)6-9-10(8)13-11(3,4)12-9;2-1-3/h5,7,9-10H,6H2,1-4H3;/b8-5+;/t7-,9-,10+;/m1./s1. The Bertz CT molecular complexity index is 313. The molecule has 1 aliphatic heterocycles. The molecule has 0 amide bonds. The van der Waals surface area contributed by atoms with Crippen LogP contribution in [0, 0.1) is 5.92 Å². The van der Waals surface area contributed by atoms with E-state index in [0.717, 1.165) is 6.42 Å². The molecule has 90 valence electrons. The third-order valence-corrected chi connectivity index (χ3v) is 3.00. The summed E-state index contributed by atoms with van der Waals surface area (Å²) < 4.78 is 11.7. The predicted octanol–water partition coefficient (Wildman–Crippen LogP) is 1.91. The number of allylic oxidation sites excluding steroid dienone is 1. The van der Waals surface area contributed by atoms with Gasteiger partial charge in [-0.1, -0.05) is 13.0 Å². The average Bonchev–Trinajstić information content (AvgIpc) is 2.56. The van der Waals surface area contributed by atoms with Crippen LogP contribution >= 0.6 is 0 Å². The first kappa shape index (κ1) is 13.1. The molecule has 1 aliphatic carbocycles. The minimum atomic E-state index is -0.385. The predicted molar refractivity (Wildman–Crippen MR) is 56.4 cm³/mol. The van der Waals surface area contributed by atoms with Crippen LogP contribution in [0.15, 0.2) is 11.6 Å². The maximum atomic E-state index is 8.12. The number of rotatable bonds is 0. The largest absolute Gasteiger partial charge is 0.373 e. The zero-order valence-electron chi connectivity index (χ0n) is 10.1. The highest BCUT2D eigenvalue weighted by molar-refractivity contribution is 5.21. The Hall–Kier alpha value is -0.960. The number of hydrogen-bond donors (Lipinski definition) is 0. The van der Waals surface area contributed by atoms with Crippen LogP contribution < -0.4 is 0 Å². The SMILES string of the molecule is C/C=C1\[C@H](C)C[C@H]2OC(C)(C)O[C@@H]12.O=C=O. The lowest BCUT2D eigenvalue weighted by molar-refractivity contribution is -0.191. The van der Waals surface area contributed by atoms with Crippen molar-refractivity contribution in [2.24, 2.45) is 5.92 Å². The molecule has 4 heteroatoms. The Morgan fingerprint density at radius 3 is 2.44 bits per heavy atom. The summed E-state index contributed by atoms with van der Waals surface area (Å²) in [6, 6.07) is 0. The molecular weight excluding hydrogens is 208 g/mol. The summed E-state index contributed by atoms with van der Waals surface area (Å²) in [5.74, 6) is 0.236. The van der Waals surface area contributed by atoms with Crippen molar-refractivity contribution in [3.8, 4) is 0 Å². The van der Waals surface area contributed by atoms with Gasteiger partial charge >= 0.3 is 6.15 Å². The lowest BCUT2D eigenvalue weighted by atomic mass is 10.0. The van der Waals surface area contributed by atoms with Gasteiger partial charge < -0.3 is 9.47 Å². The van der Waals surface area contributed by atoms with E-state index < -0.39 is 0 Å². The minimum absolute atomic E-state index is 0.218. The third kappa shape index (κ3) is 2.59. The summed E-state index contributed by atoms with van der Waals surface area (Å²) in [5, 5.41) is 0. The lowest BCUT2D eigenvalue weighted by Crippen LogP contribution is -2.23. The van der Waals surface area contributed by atoms with Gasteiger partial charge in [-0.15, -0.1) is 0 Å². The van der Waals surface area contributed by atoms with Gasteiger partial charge in [0.25, 0.3) is 0 Å². The van der Waals surface area contributed by atoms with E-state index in [9.17, 15) is 0 Å². The van der Waals surface area contributed by atoms with Crippen LogP contribution in [0.25, 0.3) is 0 Å². The summed E-state index contributed by atoms with van der Waals surface area (Å²) in [4.78, 5) is 16.2. The fourth-order valence-electron chi connectivity index (χ4n) is 2.50. The molecule has 2 rings (SSSR count). The molecule has 4 nitrogen and oxygen atoms in total. The quantitative estimate of drug-likeness (QED) is 0.592. The summed E-state index contributed by atoms with van der Waals surface area (Å²) >= 11 is 0. The van der Waals surface area contributed by atoms with Crippen LogP contribution in [0.4, 0.5) is 0 Å². The maximum absolute atomic E-state index is 8.12. The van der Waals surface area contributed by atoms with E-state index in [1.165, 1.54) is 5.57 Å². The Morgan fingerprint density at radius 2 is 1.94 bits per heavy atom. The molecule has 0 unspecified atom stereocenters. The summed E-state index contributed by atoms with van der Waals surface area (Å²) in [6.45, 7) is 8.31. The Balaban J connectivity index is 0.000000386. The van der Waals surface area contributed by atoms with Crippen LogP contribution in [0.3, 0.4) is 0 Å². The molecule has 1 saturated carbocycles. The van der Waals surface area contributed by atoms with Gasteiger partial charge in [0.2, 0.25) is 0 Å². The second-order valence-electron chi connectivity index (χ2n) is 4.60. The van der Waals surface area contributed by atoms with Gasteiger partial charge in [-0.05, 0) is 38.7 Å². The lowest BCUT2D eigenvalue weighted by Gasteiger charge is -2.20. The van der Waals surface area contributed by atoms with Gasteiger partial charge in [-0.2, -0.15) is 9.59 Å². The zero-order valence-corrected chi connectivity index (χ0v) is 10.1. The highest BCUT2D eigenvalue weighted by Gasteiger charge is 2.48. The summed E-state index contributed by atoms with van der Waals surface area (Å²) in [6.07, 6.45) is 4.04. The van der Waals surface area contributed by atoms with E-state index in [1.54, 1.807) is 0 Å². The van der Waals surface area contributed by atoms with Crippen LogP contribution in [0.5, 0.6) is 0 Å². The van der Waals surface area contributed by atoms with Gasteiger partial charge in [0.15, 0.2) is 5.79 Å². The van der Waals surface area contributed by atoms with E-state index >= 15 is 0 Å². The molecule has 16 heavy (non-hydrogen) atoms. The third-order valence-electron chi connectivity index (χ3n) is 3.00. The number of fused-ring (bicyclic) bond motifs is 1. The smallest absolute Gasteiger partial charge is 0.344 e. The van der Waals surface area contributed by atoms with Crippen molar-refractivity contribution in [1.82, 2.24) is 0 Å². The molecule has 1 saturated heterocycles. The molecule has 3 atom stereocenters. The maximum Gasteiger partial charge on any atom is 0.373 e. The first-order chi connectivity index (χ1) is 7.45. The van der Waals surface area contributed by atoms with Crippen molar-refractivity contribution in [3.05, 3.63) is 11.6 Å². The highest BCUT2D eigenvalue weighted by Crippen LogP contribution is 2.43. The molecule has 0 radical (unpaired) electrons. The van der Waals surface area contributed by atoms with Crippen molar-refractivity contribution in [2.75, 3.05) is 0 Å². The van der Waals surface area contributed by atoms with Crippen molar-refractivity contribution in [2.45, 2.75) is 52.1 Å². The van der Waals surface area contributed by atoms with Crippen molar-refractivity contribution in [1.29, 1.82) is 0 Å². The Morgan fingerprint density at radius 1 is 1.38 bits per heavy atom. The fraction of sp³-hybridized carbons (Fsp3) is 0.750. The van der Waals surface area contributed by atoms with Crippen molar-refractivity contribution >= 4 is 6.15 Å². The van der Waals surface area contributed by atoms with Crippen molar-refractivity contribution < 1.29 is 19.1 Å². The van der Waals surface area contributed by atoms with E-state index in [4.69, 9.17) is 19.1 Å². The normalized spacial score (nSPS) is 37.5. The Labute approximate surface area is 95.6 Å². The van der Waals surface area contributed by atoms with E-state index in [1.807, 2.05) is 13.8 Å². The van der Waals surface area contributed by atoms with Crippen LogP contribution in [0.1, 0.15) is 34.1 Å².